The van der Waals surface area contributed by atoms with Gasteiger partial charge in [-0.3, -0.25) is 9.52 Å². The van der Waals surface area contributed by atoms with Crippen molar-refractivity contribution >= 4 is 21.6 Å². The van der Waals surface area contributed by atoms with Crippen LogP contribution in [0.1, 0.15) is 24.1 Å². The van der Waals surface area contributed by atoms with E-state index in [2.05, 4.69) is 10.0 Å². The van der Waals surface area contributed by atoms with Crippen molar-refractivity contribution < 1.29 is 18.3 Å². The van der Waals surface area contributed by atoms with Crippen molar-refractivity contribution in [2.24, 2.45) is 0 Å². The average molecular weight is 348 g/mol. The summed E-state index contributed by atoms with van der Waals surface area (Å²) in [6.07, 6.45) is 1.20. The van der Waals surface area contributed by atoms with Crippen LogP contribution in [0, 0.1) is 0 Å². The molecule has 0 radical (unpaired) electrons. The van der Waals surface area contributed by atoms with Gasteiger partial charge in [0, 0.05) is 0 Å². The number of carbonyl (C=O) groups is 1. The first-order chi connectivity index (χ1) is 11.2. The molecule has 1 atom stereocenters. The molecule has 0 saturated carbocycles. The van der Waals surface area contributed by atoms with Crippen molar-refractivity contribution in [3.05, 3.63) is 59.7 Å². The highest BCUT2D eigenvalue weighted by atomic mass is 32.2. The second kappa shape index (κ2) is 7.35. The van der Waals surface area contributed by atoms with Gasteiger partial charge in [0.25, 0.3) is 0 Å². The largest absolute Gasteiger partial charge is 0.508 e. The molecular weight excluding hydrogens is 328 g/mol. The number of amides is 1. The van der Waals surface area contributed by atoms with E-state index in [-0.39, 0.29) is 24.1 Å². The predicted molar refractivity (Wildman–Crippen MR) is 93.3 cm³/mol. The van der Waals surface area contributed by atoms with Crippen LogP contribution in [0.15, 0.2) is 48.5 Å². The first-order valence-corrected chi connectivity index (χ1v) is 9.28. The minimum Gasteiger partial charge on any atom is -0.508 e. The van der Waals surface area contributed by atoms with Crippen LogP contribution in [0.25, 0.3) is 0 Å². The van der Waals surface area contributed by atoms with Crippen LogP contribution in [0.5, 0.6) is 5.75 Å². The molecule has 2 rings (SSSR count). The Bertz CT molecular complexity index is 834. The highest BCUT2D eigenvalue weighted by Gasteiger charge is 2.15. The van der Waals surface area contributed by atoms with E-state index in [1.807, 2.05) is 0 Å². The average Bonchev–Trinajstić information content (AvgIpc) is 2.45. The Morgan fingerprint density at radius 2 is 1.88 bits per heavy atom. The minimum atomic E-state index is -3.41. The number of phenols is 1. The third kappa shape index (κ3) is 5.27. The van der Waals surface area contributed by atoms with Crippen LogP contribution < -0.4 is 10.0 Å². The van der Waals surface area contributed by atoms with Crippen LogP contribution >= 0.6 is 0 Å². The van der Waals surface area contributed by atoms with Gasteiger partial charge in [-0.25, -0.2) is 8.42 Å². The van der Waals surface area contributed by atoms with Gasteiger partial charge in [-0.15, -0.1) is 0 Å². The molecule has 0 spiro atoms. The zero-order chi connectivity index (χ0) is 17.7. The summed E-state index contributed by atoms with van der Waals surface area (Å²) in [5.41, 5.74) is 1.81. The summed E-state index contributed by atoms with van der Waals surface area (Å²) in [5.74, 6) is -0.113. The molecule has 0 saturated heterocycles. The van der Waals surface area contributed by atoms with Gasteiger partial charge in [-0.2, -0.15) is 0 Å². The number of hydrogen-bond donors (Lipinski definition) is 3. The number of para-hydroxylation sites is 1. The number of carbonyl (C=O) groups excluding carboxylic acids is 1. The molecule has 3 N–H and O–H groups in total. The standard InChI is InChI=1S/C17H20N2O4S/c1-12(15-8-3-4-9-16(15)19-24(2,22)23)18-17(21)11-13-6-5-7-14(20)10-13/h3-10,12,19-20H,11H2,1-2H3,(H,18,21)/t12-/m0/s1. The SMILES string of the molecule is C[C@H](NC(=O)Cc1cccc(O)c1)c1ccccc1NS(C)(=O)=O. The molecule has 128 valence electrons. The maximum absolute atomic E-state index is 12.2. The van der Waals surface area contributed by atoms with E-state index in [4.69, 9.17) is 0 Å². The maximum atomic E-state index is 12.2. The summed E-state index contributed by atoms with van der Waals surface area (Å²) >= 11 is 0. The van der Waals surface area contributed by atoms with Crippen LogP contribution in [0.3, 0.4) is 0 Å². The van der Waals surface area contributed by atoms with Gasteiger partial charge >= 0.3 is 0 Å². The van der Waals surface area contributed by atoms with Crippen molar-refractivity contribution in [1.29, 1.82) is 0 Å². The van der Waals surface area contributed by atoms with E-state index in [9.17, 15) is 18.3 Å². The maximum Gasteiger partial charge on any atom is 0.229 e. The smallest absolute Gasteiger partial charge is 0.229 e. The highest BCUT2D eigenvalue weighted by molar-refractivity contribution is 7.92. The molecule has 0 aliphatic rings. The zero-order valence-electron chi connectivity index (χ0n) is 13.5. The lowest BCUT2D eigenvalue weighted by molar-refractivity contribution is -0.121. The number of benzene rings is 2. The summed E-state index contributed by atoms with van der Waals surface area (Å²) < 4.78 is 25.3. The molecule has 0 aliphatic heterocycles. The molecular formula is C17H20N2O4S. The number of anilines is 1. The third-order valence-corrected chi connectivity index (χ3v) is 3.97. The van der Waals surface area contributed by atoms with Crippen LogP contribution in [0.4, 0.5) is 5.69 Å². The Labute approximate surface area is 141 Å². The van der Waals surface area contributed by atoms with Crippen molar-refractivity contribution in [3.8, 4) is 5.75 Å². The molecule has 0 bridgehead atoms. The Morgan fingerprint density at radius 3 is 2.54 bits per heavy atom. The topological polar surface area (TPSA) is 95.5 Å². The van der Waals surface area contributed by atoms with Gasteiger partial charge in [0.2, 0.25) is 15.9 Å². The van der Waals surface area contributed by atoms with E-state index in [0.717, 1.165) is 6.26 Å². The molecule has 0 aromatic heterocycles. The normalized spacial score (nSPS) is 12.4. The summed E-state index contributed by atoms with van der Waals surface area (Å²) in [7, 11) is -3.41. The Morgan fingerprint density at radius 1 is 1.17 bits per heavy atom. The van der Waals surface area contributed by atoms with Gasteiger partial charge in [0.05, 0.1) is 24.4 Å². The minimum absolute atomic E-state index is 0.107. The van der Waals surface area contributed by atoms with Crippen molar-refractivity contribution in [2.75, 3.05) is 11.0 Å². The fourth-order valence-electron chi connectivity index (χ4n) is 2.39. The van der Waals surface area contributed by atoms with Crippen LogP contribution in [-0.4, -0.2) is 25.7 Å². The molecule has 1 amide bonds. The molecule has 0 unspecified atom stereocenters. The van der Waals surface area contributed by atoms with Gasteiger partial charge in [-0.05, 0) is 36.2 Å². The van der Waals surface area contributed by atoms with Crippen LogP contribution in [0.2, 0.25) is 0 Å². The molecule has 7 heteroatoms. The molecule has 2 aromatic carbocycles. The molecule has 6 nitrogen and oxygen atoms in total. The summed E-state index contributed by atoms with van der Waals surface area (Å²) in [6, 6.07) is 13.0. The first-order valence-electron chi connectivity index (χ1n) is 7.38. The molecule has 0 fully saturated rings. The number of rotatable bonds is 6. The number of hydrogen-bond acceptors (Lipinski definition) is 4. The summed E-state index contributed by atoms with van der Waals surface area (Å²) in [4.78, 5) is 12.2. The fraction of sp³-hybridized carbons (Fsp3) is 0.235. The van der Waals surface area contributed by atoms with Crippen molar-refractivity contribution in [3.63, 3.8) is 0 Å². The monoisotopic (exact) mass is 348 g/mol. The van der Waals surface area contributed by atoms with Crippen molar-refractivity contribution in [1.82, 2.24) is 5.32 Å². The molecule has 2 aromatic rings. The lowest BCUT2D eigenvalue weighted by Gasteiger charge is -2.18. The number of sulfonamides is 1. The lowest BCUT2D eigenvalue weighted by atomic mass is 10.1. The summed E-state index contributed by atoms with van der Waals surface area (Å²) in [6.45, 7) is 1.78. The predicted octanol–water partition coefficient (Wildman–Crippen LogP) is 2.18. The van der Waals surface area contributed by atoms with Gasteiger partial charge in [0.15, 0.2) is 0 Å². The Hall–Kier alpha value is -2.54. The molecule has 0 aliphatic carbocycles. The Kier molecular flexibility index (Phi) is 5.46. The van der Waals surface area contributed by atoms with E-state index in [1.54, 1.807) is 43.3 Å². The van der Waals surface area contributed by atoms with E-state index < -0.39 is 10.0 Å². The first kappa shape index (κ1) is 17.8. The van der Waals surface area contributed by atoms with E-state index in [1.165, 1.54) is 12.1 Å². The molecule has 24 heavy (non-hydrogen) atoms. The van der Waals surface area contributed by atoms with Crippen LogP contribution in [-0.2, 0) is 21.2 Å². The molecule has 0 heterocycles. The second-order valence-electron chi connectivity index (χ2n) is 5.60. The number of nitrogens with one attached hydrogen (secondary N) is 2. The number of aromatic hydroxyl groups is 1. The van der Waals surface area contributed by atoms with Gasteiger partial charge in [0.1, 0.15) is 5.75 Å². The number of phenolic OH excluding ortho intramolecular Hbond substituents is 1. The lowest BCUT2D eigenvalue weighted by Crippen LogP contribution is -2.28. The fourth-order valence-corrected chi connectivity index (χ4v) is 2.97. The van der Waals surface area contributed by atoms with E-state index >= 15 is 0 Å². The Balaban J connectivity index is 2.09. The van der Waals surface area contributed by atoms with Crippen molar-refractivity contribution in [2.45, 2.75) is 19.4 Å². The van der Waals surface area contributed by atoms with E-state index in [0.29, 0.717) is 16.8 Å². The highest BCUT2D eigenvalue weighted by Crippen LogP contribution is 2.23. The quantitative estimate of drug-likeness (QED) is 0.745. The third-order valence-electron chi connectivity index (χ3n) is 3.38. The van der Waals surface area contributed by atoms with Gasteiger partial charge in [-0.1, -0.05) is 30.3 Å². The zero-order valence-corrected chi connectivity index (χ0v) is 14.3. The van der Waals surface area contributed by atoms with Gasteiger partial charge < -0.3 is 10.4 Å². The summed E-state index contributed by atoms with van der Waals surface area (Å²) in [5, 5.41) is 12.3. The second-order valence-corrected chi connectivity index (χ2v) is 7.35.